The van der Waals surface area contributed by atoms with Crippen molar-refractivity contribution in [1.29, 1.82) is 0 Å². The summed E-state index contributed by atoms with van der Waals surface area (Å²) < 4.78 is 1.38. The van der Waals surface area contributed by atoms with E-state index < -0.39 is 0 Å². The molecule has 170 valence electrons. The molecule has 0 aliphatic rings. The molecule has 0 fully saturated rings. The fraction of sp³-hybridized carbons (Fsp3) is 0.280. The molecule has 0 aliphatic heterocycles. The molecule has 6 nitrogen and oxygen atoms in total. The third-order valence-corrected chi connectivity index (χ3v) is 7.33. The number of aromatic nitrogens is 3. The lowest BCUT2D eigenvalue weighted by atomic mass is 9.95. The van der Waals surface area contributed by atoms with Crippen LogP contribution < -0.4 is 10.9 Å². The van der Waals surface area contributed by atoms with Gasteiger partial charge in [-0.2, -0.15) is 9.61 Å². The van der Waals surface area contributed by atoms with Gasteiger partial charge >= 0.3 is 0 Å². The first-order chi connectivity index (χ1) is 16.1. The second-order valence-electron chi connectivity index (χ2n) is 7.67. The van der Waals surface area contributed by atoms with Crippen LogP contribution in [0.2, 0.25) is 0 Å². The maximum absolute atomic E-state index is 13.0. The van der Waals surface area contributed by atoms with E-state index >= 15 is 0 Å². The molecule has 1 N–H and O–H groups in total. The van der Waals surface area contributed by atoms with E-state index in [0.717, 1.165) is 34.0 Å². The predicted octanol–water partition coefficient (Wildman–Crippen LogP) is 5.53. The molecule has 1 amide bonds. The molecule has 4 rings (SSSR count). The molecule has 2 heterocycles. The van der Waals surface area contributed by atoms with Gasteiger partial charge in [0.15, 0.2) is 0 Å². The average Bonchev–Trinajstić information content (AvgIpc) is 3.23. The van der Waals surface area contributed by atoms with Crippen LogP contribution in [0.1, 0.15) is 48.9 Å². The molecule has 2 aromatic heterocycles. The standard InChI is InChI=1S/C25H26N4O2S2/c1-3-10-22-28-29-23(30)15-18(26-25(29)33-22)16-32-21-14-9-8-13-20(21)27-24(31)19(4-2)17-11-6-5-7-12-17/h5-9,11-15,19H,3-4,10,16H2,1-2H3,(H,27,31). The number of hydrogen-bond acceptors (Lipinski definition) is 6. The first-order valence-electron chi connectivity index (χ1n) is 11.0. The SMILES string of the molecule is CCCc1nn2c(=O)cc(CSc3ccccc3NC(=O)C(CC)c3ccccc3)nc2s1. The second-order valence-corrected chi connectivity index (χ2v) is 9.73. The van der Waals surface area contributed by atoms with E-state index in [0.29, 0.717) is 22.8 Å². The fourth-order valence-corrected chi connectivity index (χ4v) is 5.53. The molecule has 0 bridgehead atoms. The predicted molar refractivity (Wildman–Crippen MR) is 135 cm³/mol. The molecule has 0 saturated carbocycles. The lowest BCUT2D eigenvalue weighted by Gasteiger charge is -2.17. The summed E-state index contributed by atoms with van der Waals surface area (Å²) in [7, 11) is 0. The van der Waals surface area contributed by atoms with Crippen LogP contribution in [0, 0.1) is 0 Å². The van der Waals surface area contributed by atoms with Gasteiger partial charge in [-0.1, -0.05) is 67.6 Å². The van der Waals surface area contributed by atoms with Gasteiger partial charge in [-0.3, -0.25) is 9.59 Å². The molecule has 8 heteroatoms. The molecular weight excluding hydrogens is 452 g/mol. The Morgan fingerprint density at radius 2 is 1.88 bits per heavy atom. The Kier molecular flexibility index (Phi) is 7.57. The van der Waals surface area contributed by atoms with Crippen LogP contribution in [-0.4, -0.2) is 20.5 Å². The van der Waals surface area contributed by atoms with E-state index in [1.54, 1.807) is 17.8 Å². The van der Waals surface area contributed by atoms with E-state index in [4.69, 9.17) is 0 Å². The Morgan fingerprint density at radius 3 is 2.64 bits per heavy atom. The van der Waals surface area contributed by atoms with Crippen LogP contribution in [0.15, 0.2) is 70.4 Å². The number of fused-ring (bicyclic) bond motifs is 1. The summed E-state index contributed by atoms with van der Waals surface area (Å²) in [5.74, 6) is 0.287. The van der Waals surface area contributed by atoms with Gasteiger partial charge in [-0.05, 0) is 30.5 Å². The highest BCUT2D eigenvalue weighted by molar-refractivity contribution is 7.98. The third kappa shape index (κ3) is 5.51. The van der Waals surface area contributed by atoms with Gasteiger partial charge in [0.1, 0.15) is 5.01 Å². The summed E-state index contributed by atoms with van der Waals surface area (Å²) in [5.41, 5.74) is 2.31. The molecule has 0 saturated heterocycles. The topological polar surface area (TPSA) is 76.4 Å². The highest BCUT2D eigenvalue weighted by Crippen LogP contribution is 2.31. The van der Waals surface area contributed by atoms with Crippen molar-refractivity contribution in [3.63, 3.8) is 0 Å². The van der Waals surface area contributed by atoms with E-state index in [1.165, 1.54) is 15.9 Å². The number of para-hydroxylation sites is 1. The van der Waals surface area contributed by atoms with Crippen LogP contribution in [0.3, 0.4) is 0 Å². The maximum atomic E-state index is 13.0. The Morgan fingerprint density at radius 1 is 1.12 bits per heavy atom. The number of thioether (sulfide) groups is 1. The lowest BCUT2D eigenvalue weighted by Crippen LogP contribution is -2.21. The minimum atomic E-state index is -0.211. The minimum absolute atomic E-state index is 0.0253. The number of benzene rings is 2. The Labute approximate surface area is 201 Å². The molecule has 0 spiro atoms. The molecule has 0 aliphatic carbocycles. The van der Waals surface area contributed by atoms with Gasteiger partial charge in [-0.15, -0.1) is 11.8 Å². The van der Waals surface area contributed by atoms with Crippen molar-refractivity contribution in [3.05, 3.63) is 87.3 Å². The summed E-state index contributed by atoms with van der Waals surface area (Å²) in [6.07, 6.45) is 2.53. The first-order valence-corrected chi connectivity index (χ1v) is 12.9. The largest absolute Gasteiger partial charge is 0.325 e. The Bertz CT molecular complexity index is 1300. The highest BCUT2D eigenvalue weighted by Gasteiger charge is 2.19. The number of anilines is 1. The van der Waals surface area contributed by atoms with E-state index in [1.807, 2.05) is 61.5 Å². The average molecular weight is 479 g/mol. The van der Waals surface area contributed by atoms with Crippen molar-refractivity contribution < 1.29 is 4.79 Å². The van der Waals surface area contributed by atoms with Crippen molar-refractivity contribution >= 4 is 39.7 Å². The molecule has 4 aromatic rings. The molecule has 33 heavy (non-hydrogen) atoms. The fourth-order valence-electron chi connectivity index (χ4n) is 3.61. The number of aryl methyl sites for hydroxylation is 1. The number of amides is 1. The lowest BCUT2D eigenvalue weighted by molar-refractivity contribution is -0.117. The van der Waals surface area contributed by atoms with Crippen molar-refractivity contribution in [2.45, 2.75) is 49.7 Å². The van der Waals surface area contributed by atoms with Crippen LogP contribution >= 0.6 is 23.1 Å². The van der Waals surface area contributed by atoms with Crippen molar-refractivity contribution in [2.75, 3.05) is 5.32 Å². The smallest absolute Gasteiger partial charge is 0.275 e. The third-order valence-electron chi connectivity index (χ3n) is 5.25. The second kappa shape index (κ2) is 10.8. The van der Waals surface area contributed by atoms with Gasteiger partial charge in [0.05, 0.1) is 17.3 Å². The van der Waals surface area contributed by atoms with E-state index in [2.05, 4.69) is 22.3 Å². The highest BCUT2D eigenvalue weighted by atomic mass is 32.2. The quantitative estimate of drug-likeness (QED) is 0.320. The number of hydrogen-bond donors (Lipinski definition) is 1. The number of carbonyl (C=O) groups excluding carboxylic acids is 1. The van der Waals surface area contributed by atoms with Gasteiger partial charge in [0.2, 0.25) is 10.9 Å². The molecule has 2 aromatic carbocycles. The summed E-state index contributed by atoms with van der Waals surface area (Å²) in [4.78, 5) is 31.7. The minimum Gasteiger partial charge on any atom is -0.325 e. The van der Waals surface area contributed by atoms with Crippen molar-refractivity contribution in [3.8, 4) is 0 Å². The molecule has 0 radical (unpaired) electrons. The summed E-state index contributed by atoms with van der Waals surface area (Å²) in [5, 5.41) is 8.38. The van der Waals surface area contributed by atoms with E-state index in [-0.39, 0.29) is 17.4 Å². The molecule has 1 atom stereocenters. The molecule has 1 unspecified atom stereocenters. The van der Waals surface area contributed by atoms with Crippen LogP contribution in [0.5, 0.6) is 0 Å². The van der Waals surface area contributed by atoms with Crippen LogP contribution in [0.25, 0.3) is 4.96 Å². The maximum Gasteiger partial charge on any atom is 0.275 e. The monoisotopic (exact) mass is 478 g/mol. The zero-order valence-corrected chi connectivity index (χ0v) is 20.3. The zero-order valence-electron chi connectivity index (χ0n) is 18.7. The number of carbonyl (C=O) groups is 1. The zero-order chi connectivity index (χ0) is 23.2. The van der Waals surface area contributed by atoms with Crippen molar-refractivity contribution in [1.82, 2.24) is 14.6 Å². The first kappa shape index (κ1) is 23.2. The van der Waals surface area contributed by atoms with Crippen LogP contribution in [0.4, 0.5) is 5.69 Å². The number of nitrogens with zero attached hydrogens (tertiary/aromatic N) is 3. The van der Waals surface area contributed by atoms with Gasteiger partial charge in [-0.25, -0.2) is 4.98 Å². The normalized spacial score (nSPS) is 12.1. The summed E-state index contributed by atoms with van der Waals surface area (Å²) >= 11 is 3.01. The van der Waals surface area contributed by atoms with Crippen LogP contribution in [-0.2, 0) is 17.0 Å². The van der Waals surface area contributed by atoms with Gasteiger partial charge < -0.3 is 5.32 Å². The summed E-state index contributed by atoms with van der Waals surface area (Å²) in [6.45, 7) is 4.10. The number of rotatable bonds is 9. The number of nitrogens with one attached hydrogen (secondary N) is 1. The van der Waals surface area contributed by atoms with E-state index in [9.17, 15) is 9.59 Å². The van der Waals surface area contributed by atoms with Gasteiger partial charge in [0.25, 0.3) is 5.56 Å². The van der Waals surface area contributed by atoms with Crippen molar-refractivity contribution in [2.24, 2.45) is 0 Å². The molecular formula is C25H26N4O2S2. The Hall–Kier alpha value is -2.97. The Balaban J connectivity index is 1.50. The summed E-state index contributed by atoms with van der Waals surface area (Å²) in [6, 6.07) is 19.1. The van der Waals surface area contributed by atoms with Gasteiger partial charge in [0, 0.05) is 23.1 Å².